The molecule has 28 heavy (non-hydrogen) atoms. The third-order valence-electron chi connectivity index (χ3n) is 5.44. The number of urea groups is 1. The van der Waals surface area contributed by atoms with Crippen molar-refractivity contribution in [1.82, 2.24) is 14.5 Å². The van der Waals surface area contributed by atoms with Crippen LogP contribution in [0.5, 0.6) is 0 Å². The topological polar surface area (TPSA) is 69.7 Å². The number of nitrogens with zero attached hydrogens (tertiary/aromatic N) is 2. The highest BCUT2D eigenvalue weighted by Crippen LogP contribution is 2.41. The lowest BCUT2D eigenvalue weighted by molar-refractivity contribution is 0.167. The van der Waals surface area contributed by atoms with Gasteiger partial charge in [0, 0.05) is 26.2 Å². The Morgan fingerprint density at radius 3 is 2.04 bits per heavy atom. The van der Waals surface area contributed by atoms with Crippen LogP contribution in [0.4, 0.5) is 4.79 Å². The van der Waals surface area contributed by atoms with Crippen molar-refractivity contribution in [3.05, 3.63) is 66.2 Å². The van der Waals surface area contributed by atoms with Crippen LogP contribution in [0.15, 0.2) is 65.6 Å². The molecule has 1 saturated heterocycles. The van der Waals surface area contributed by atoms with Gasteiger partial charge in [0.25, 0.3) is 0 Å². The summed E-state index contributed by atoms with van der Waals surface area (Å²) in [4.78, 5) is 14.8. The second kappa shape index (κ2) is 7.93. The summed E-state index contributed by atoms with van der Waals surface area (Å²) in [5, 5.41) is 3.17. The first-order chi connectivity index (χ1) is 13.6. The molecular weight excluding hydrogens is 374 g/mol. The van der Waals surface area contributed by atoms with Crippen molar-refractivity contribution in [2.75, 3.05) is 26.2 Å². The van der Waals surface area contributed by atoms with Gasteiger partial charge in [0.15, 0.2) is 0 Å². The van der Waals surface area contributed by atoms with Crippen LogP contribution in [-0.4, -0.2) is 49.8 Å². The molecule has 0 aromatic heterocycles. The van der Waals surface area contributed by atoms with E-state index in [-0.39, 0.29) is 12.1 Å². The first-order valence-corrected chi connectivity index (χ1v) is 11.2. The van der Waals surface area contributed by atoms with Crippen LogP contribution in [-0.2, 0) is 10.0 Å². The molecule has 1 aliphatic heterocycles. The van der Waals surface area contributed by atoms with Crippen molar-refractivity contribution in [1.29, 1.82) is 0 Å². The molecule has 2 fully saturated rings. The van der Waals surface area contributed by atoms with Crippen molar-refractivity contribution < 1.29 is 13.2 Å². The molecule has 0 spiro atoms. The predicted molar refractivity (Wildman–Crippen MR) is 107 cm³/mol. The van der Waals surface area contributed by atoms with Gasteiger partial charge in [-0.1, -0.05) is 48.5 Å². The van der Waals surface area contributed by atoms with Crippen LogP contribution >= 0.6 is 0 Å². The number of nitrogens with one attached hydrogen (secondary N) is 1. The van der Waals surface area contributed by atoms with Gasteiger partial charge in [0.05, 0.1) is 10.9 Å². The van der Waals surface area contributed by atoms with Crippen LogP contribution in [0.2, 0.25) is 0 Å². The second-order valence-corrected chi connectivity index (χ2v) is 9.32. The summed E-state index contributed by atoms with van der Waals surface area (Å²) in [6.45, 7) is 1.41. The Kier molecular flexibility index (Phi) is 5.37. The van der Waals surface area contributed by atoms with Crippen LogP contribution in [0.1, 0.15) is 24.4 Å². The second-order valence-electron chi connectivity index (χ2n) is 7.38. The quantitative estimate of drug-likeness (QED) is 0.841. The molecule has 1 saturated carbocycles. The molecule has 1 atom stereocenters. The maximum absolute atomic E-state index is 12.8. The maximum atomic E-state index is 12.8. The van der Waals surface area contributed by atoms with Crippen LogP contribution in [0.25, 0.3) is 0 Å². The molecule has 2 amide bonds. The first kappa shape index (κ1) is 19.0. The number of carbonyl (C=O) groups excluding carboxylic acids is 1. The van der Waals surface area contributed by atoms with E-state index in [4.69, 9.17) is 0 Å². The van der Waals surface area contributed by atoms with E-state index in [1.807, 2.05) is 30.3 Å². The monoisotopic (exact) mass is 399 g/mol. The molecule has 0 unspecified atom stereocenters. The predicted octanol–water partition coefficient (Wildman–Crippen LogP) is 2.85. The van der Waals surface area contributed by atoms with Gasteiger partial charge in [-0.25, -0.2) is 13.2 Å². The van der Waals surface area contributed by atoms with Gasteiger partial charge in [0.1, 0.15) is 0 Å². The van der Waals surface area contributed by atoms with Gasteiger partial charge >= 0.3 is 6.03 Å². The highest BCUT2D eigenvalue weighted by atomic mass is 32.2. The smallest absolute Gasteiger partial charge is 0.317 e. The molecule has 148 valence electrons. The van der Waals surface area contributed by atoms with Gasteiger partial charge in [-0.2, -0.15) is 4.31 Å². The number of hydrogen-bond donors (Lipinski definition) is 1. The number of benzene rings is 2. The summed E-state index contributed by atoms with van der Waals surface area (Å²) in [7, 11) is -3.51. The molecule has 2 aromatic rings. The first-order valence-electron chi connectivity index (χ1n) is 9.71. The summed E-state index contributed by atoms with van der Waals surface area (Å²) in [5.41, 5.74) is 1.13. The fourth-order valence-corrected chi connectivity index (χ4v) is 5.10. The minimum absolute atomic E-state index is 0.0276. The van der Waals surface area contributed by atoms with E-state index < -0.39 is 10.0 Å². The van der Waals surface area contributed by atoms with E-state index in [2.05, 4.69) is 5.32 Å². The largest absolute Gasteiger partial charge is 0.331 e. The molecule has 7 heteroatoms. The zero-order valence-corrected chi connectivity index (χ0v) is 16.5. The van der Waals surface area contributed by atoms with Crippen molar-refractivity contribution in [2.45, 2.75) is 23.8 Å². The Hall–Kier alpha value is -2.38. The lowest BCUT2D eigenvalue weighted by Crippen LogP contribution is -2.53. The zero-order chi connectivity index (χ0) is 19.6. The van der Waals surface area contributed by atoms with Crippen LogP contribution in [0, 0.1) is 5.92 Å². The fourth-order valence-electron chi connectivity index (χ4n) is 3.66. The molecule has 1 heterocycles. The van der Waals surface area contributed by atoms with E-state index >= 15 is 0 Å². The van der Waals surface area contributed by atoms with Crippen molar-refractivity contribution in [2.24, 2.45) is 5.92 Å². The molecule has 1 N–H and O–H groups in total. The average molecular weight is 400 g/mol. The van der Waals surface area contributed by atoms with Crippen molar-refractivity contribution >= 4 is 16.1 Å². The Morgan fingerprint density at radius 2 is 1.46 bits per heavy atom. The number of piperazine rings is 1. The summed E-state index contributed by atoms with van der Waals surface area (Å²) < 4.78 is 26.9. The lowest BCUT2D eigenvalue weighted by atomic mass is 10.0. The van der Waals surface area contributed by atoms with Gasteiger partial charge < -0.3 is 10.2 Å². The minimum atomic E-state index is -3.51. The van der Waals surface area contributed by atoms with Gasteiger partial charge in [-0.05, 0) is 36.5 Å². The molecule has 0 radical (unpaired) electrons. The molecule has 1 aliphatic carbocycles. The van der Waals surface area contributed by atoms with E-state index in [0.717, 1.165) is 18.4 Å². The van der Waals surface area contributed by atoms with Gasteiger partial charge in [0.2, 0.25) is 10.0 Å². The average Bonchev–Trinajstić information content (AvgIpc) is 3.58. The highest BCUT2D eigenvalue weighted by Gasteiger charge is 2.35. The number of rotatable bonds is 5. The Morgan fingerprint density at radius 1 is 0.893 bits per heavy atom. The van der Waals surface area contributed by atoms with E-state index in [9.17, 15) is 13.2 Å². The van der Waals surface area contributed by atoms with Crippen LogP contribution < -0.4 is 5.32 Å². The Bertz CT molecular complexity index is 906. The van der Waals surface area contributed by atoms with Crippen molar-refractivity contribution in [3.63, 3.8) is 0 Å². The Labute approximate surface area is 166 Å². The summed E-state index contributed by atoms with van der Waals surface area (Å²) >= 11 is 0. The molecule has 0 bridgehead atoms. The Balaban J connectivity index is 1.38. The maximum Gasteiger partial charge on any atom is 0.317 e. The van der Waals surface area contributed by atoms with Gasteiger partial charge in [-0.3, -0.25) is 0 Å². The number of hydrogen-bond acceptors (Lipinski definition) is 3. The SMILES string of the molecule is O=C(N[C@@H](c1ccccc1)C1CC1)N1CCN(S(=O)(=O)c2ccccc2)CC1. The third kappa shape index (κ3) is 4.05. The van der Waals surface area contributed by atoms with Gasteiger partial charge in [-0.15, -0.1) is 0 Å². The number of amides is 2. The highest BCUT2D eigenvalue weighted by molar-refractivity contribution is 7.89. The summed E-state index contributed by atoms with van der Waals surface area (Å²) in [6.07, 6.45) is 2.26. The van der Waals surface area contributed by atoms with E-state index in [1.54, 1.807) is 35.2 Å². The molecule has 4 rings (SSSR count). The normalized spacial score (nSPS) is 19.2. The van der Waals surface area contributed by atoms with E-state index in [1.165, 1.54) is 4.31 Å². The fraction of sp³-hybridized carbons (Fsp3) is 0.381. The van der Waals surface area contributed by atoms with E-state index in [0.29, 0.717) is 37.0 Å². The van der Waals surface area contributed by atoms with Crippen molar-refractivity contribution in [3.8, 4) is 0 Å². The summed E-state index contributed by atoms with van der Waals surface area (Å²) in [6, 6.07) is 18.4. The molecular formula is C21H25N3O3S. The standard InChI is InChI=1S/C21H25N3O3S/c25-21(22-20(18-11-12-18)17-7-3-1-4-8-17)23-13-15-24(16-14-23)28(26,27)19-9-5-2-6-10-19/h1-10,18,20H,11-16H2,(H,22,25)/t20-/m0/s1. The molecule has 2 aromatic carbocycles. The summed E-state index contributed by atoms with van der Waals surface area (Å²) in [5.74, 6) is 0.492. The molecule has 6 nitrogen and oxygen atoms in total. The third-order valence-corrected chi connectivity index (χ3v) is 7.35. The number of carbonyl (C=O) groups is 1. The lowest BCUT2D eigenvalue weighted by Gasteiger charge is -2.35. The zero-order valence-electron chi connectivity index (χ0n) is 15.7. The molecule has 2 aliphatic rings. The minimum Gasteiger partial charge on any atom is -0.331 e. The number of sulfonamides is 1. The van der Waals surface area contributed by atoms with Crippen LogP contribution in [0.3, 0.4) is 0 Å².